The Balaban J connectivity index is 1.39. The van der Waals surface area contributed by atoms with Crippen LogP contribution in [-0.4, -0.2) is 21.6 Å². The fourth-order valence-electron chi connectivity index (χ4n) is 3.07. The summed E-state index contributed by atoms with van der Waals surface area (Å²) in [6.45, 7) is 0.376. The molecule has 0 aliphatic carbocycles. The first kappa shape index (κ1) is 19.1. The molecule has 4 rings (SSSR count). The second-order valence-electron chi connectivity index (χ2n) is 6.66. The van der Waals surface area contributed by atoms with E-state index in [1.807, 2.05) is 54.7 Å². The zero-order valence-electron chi connectivity index (χ0n) is 16.2. The van der Waals surface area contributed by atoms with E-state index in [4.69, 9.17) is 0 Å². The predicted molar refractivity (Wildman–Crippen MR) is 116 cm³/mol. The highest BCUT2D eigenvalue weighted by molar-refractivity contribution is 6.04. The number of hydrogen-bond acceptors (Lipinski definition) is 3. The van der Waals surface area contributed by atoms with Crippen molar-refractivity contribution in [3.05, 3.63) is 114 Å². The van der Waals surface area contributed by atoms with Gasteiger partial charge in [0.15, 0.2) is 0 Å². The van der Waals surface area contributed by atoms with Crippen LogP contribution in [0.25, 0.3) is 5.69 Å². The first-order chi connectivity index (χ1) is 14.7. The number of nitrogens with zero attached hydrogens (tertiary/aromatic N) is 2. The van der Waals surface area contributed by atoms with E-state index in [-0.39, 0.29) is 11.8 Å². The summed E-state index contributed by atoms with van der Waals surface area (Å²) in [4.78, 5) is 24.8. The van der Waals surface area contributed by atoms with E-state index in [1.54, 1.807) is 47.3 Å². The average Bonchev–Trinajstić information content (AvgIpc) is 3.33. The van der Waals surface area contributed by atoms with Crippen LogP contribution >= 0.6 is 0 Å². The summed E-state index contributed by atoms with van der Waals surface area (Å²) >= 11 is 0. The Kier molecular flexibility index (Phi) is 5.66. The SMILES string of the molecule is O=C(NCc1ccccc1-n1cccn1)c1ccc(NC(=O)c2ccccc2)cc1. The highest BCUT2D eigenvalue weighted by Gasteiger charge is 2.10. The molecule has 0 atom stereocenters. The van der Waals surface area contributed by atoms with Gasteiger partial charge >= 0.3 is 0 Å². The molecule has 4 aromatic rings. The molecule has 1 heterocycles. The molecule has 0 bridgehead atoms. The largest absolute Gasteiger partial charge is 0.348 e. The van der Waals surface area contributed by atoms with Gasteiger partial charge in [-0.2, -0.15) is 5.10 Å². The Labute approximate surface area is 174 Å². The predicted octanol–water partition coefficient (Wildman–Crippen LogP) is 4.05. The molecule has 0 fully saturated rings. The van der Waals surface area contributed by atoms with Gasteiger partial charge in [-0.05, 0) is 54.1 Å². The zero-order valence-corrected chi connectivity index (χ0v) is 16.2. The maximum Gasteiger partial charge on any atom is 0.255 e. The number of hydrogen-bond donors (Lipinski definition) is 2. The number of anilines is 1. The number of para-hydroxylation sites is 1. The lowest BCUT2D eigenvalue weighted by molar-refractivity contribution is 0.0950. The minimum atomic E-state index is -0.192. The van der Waals surface area contributed by atoms with Gasteiger partial charge in [-0.25, -0.2) is 4.68 Å². The van der Waals surface area contributed by atoms with Crippen LogP contribution in [0.3, 0.4) is 0 Å². The van der Waals surface area contributed by atoms with Crippen molar-refractivity contribution in [3.63, 3.8) is 0 Å². The monoisotopic (exact) mass is 396 g/mol. The van der Waals surface area contributed by atoms with Crippen molar-refractivity contribution in [3.8, 4) is 5.69 Å². The second kappa shape index (κ2) is 8.87. The summed E-state index contributed by atoms with van der Waals surface area (Å²) in [5, 5.41) is 10.0. The summed E-state index contributed by atoms with van der Waals surface area (Å²) < 4.78 is 1.77. The quantitative estimate of drug-likeness (QED) is 0.516. The van der Waals surface area contributed by atoms with E-state index in [1.165, 1.54) is 0 Å². The highest BCUT2D eigenvalue weighted by atomic mass is 16.2. The number of benzene rings is 3. The van der Waals surface area contributed by atoms with Crippen LogP contribution in [0.2, 0.25) is 0 Å². The summed E-state index contributed by atoms with van der Waals surface area (Å²) in [6, 6.07) is 25.4. The maximum atomic E-state index is 12.5. The molecule has 1 aromatic heterocycles. The first-order valence-electron chi connectivity index (χ1n) is 9.53. The Morgan fingerprint density at radius 3 is 2.20 bits per heavy atom. The third-order valence-electron chi connectivity index (χ3n) is 4.62. The van der Waals surface area contributed by atoms with Crippen LogP contribution in [0.1, 0.15) is 26.3 Å². The fraction of sp³-hybridized carbons (Fsp3) is 0.0417. The molecule has 3 aromatic carbocycles. The van der Waals surface area contributed by atoms with Crippen LogP contribution in [0.5, 0.6) is 0 Å². The van der Waals surface area contributed by atoms with E-state index in [0.29, 0.717) is 23.4 Å². The number of rotatable bonds is 6. The number of carbonyl (C=O) groups excluding carboxylic acids is 2. The van der Waals surface area contributed by atoms with E-state index >= 15 is 0 Å². The van der Waals surface area contributed by atoms with Crippen LogP contribution in [0, 0.1) is 0 Å². The Morgan fingerprint density at radius 1 is 0.767 bits per heavy atom. The molecular weight excluding hydrogens is 376 g/mol. The number of carbonyl (C=O) groups is 2. The minimum absolute atomic E-state index is 0.189. The number of aromatic nitrogens is 2. The van der Waals surface area contributed by atoms with E-state index in [2.05, 4.69) is 15.7 Å². The molecule has 6 heteroatoms. The van der Waals surface area contributed by atoms with Crippen LogP contribution in [0.4, 0.5) is 5.69 Å². The lowest BCUT2D eigenvalue weighted by Gasteiger charge is -2.11. The third kappa shape index (κ3) is 4.44. The van der Waals surface area contributed by atoms with Gasteiger partial charge in [0.2, 0.25) is 0 Å². The maximum absolute atomic E-state index is 12.5. The van der Waals surface area contributed by atoms with Crippen molar-refractivity contribution >= 4 is 17.5 Å². The van der Waals surface area contributed by atoms with Crippen molar-refractivity contribution < 1.29 is 9.59 Å². The Morgan fingerprint density at radius 2 is 1.47 bits per heavy atom. The molecule has 6 nitrogen and oxygen atoms in total. The van der Waals surface area contributed by atoms with Gasteiger partial charge in [-0.3, -0.25) is 9.59 Å². The van der Waals surface area contributed by atoms with Crippen LogP contribution in [-0.2, 0) is 6.54 Å². The van der Waals surface area contributed by atoms with Crippen molar-refractivity contribution in [1.82, 2.24) is 15.1 Å². The van der Waals surface area contributed by atoms with Crippen LogP contribution < -0.4 is 10.6 Å². The van der Waals surface area contributed by atoms with Gasteiger partial charge in [0.25, 0.3) is 11.8 Å². The summed E-state index contributed by atoms with van der Waals surface area (Å²) in [5.41, 5.74) is 3.60. The van der Waals surface area contributed by atoms with E-state index < -0.39 is 0 Å². The van der Waals surface area contributed by atoms with Gasteiger partial charge in [-0.1, -0.05) is 36.4 Å². The standard InChI is InChI=1S/C24H20N4O2/c29-23(25-17-20-9-4-5-10-22(20)28-16-6-15-26-28)19-11-13-21(14-12-19)27-24(30)18-7-2-1-3-8-18/h1-16H,17H2,(H,25,29)(H,27,30). The molecule has 148 valence electrons. The topological polar surface area (TPSA) is 76.0 Å². The molecule has 0 spiro atoms. The number of amides is 2. The Bertz CT molecular complexity index is 1140. The van der Waals surface area contributed by atoms with Gasteiger partial charge in [-0.15, -0.1) is 0 Å². The van der Waals surface area contributed by atoms with Crippen LogP contribution in [0.15, 0.2) is 97.3 Å². The second-order valence-corrected chi connectivity index (χ2v) is 6.66. The lowest BCUT2D eigenvalue weighted by Crippen LogP contribution is -2.23. The smallest absolute Gasteiger partial charge is 0.255 e. The zero-order chi connectivity index (χ0) is 20.8. The molecule has 0 aliphatic heterocycles. The van der Waals surface area contributed by atoms with Gasteiger partial charge in [0.1, 0.15) is 0 Å². The Hall–Kier alpha value is -4.19. The lowest BCUT2D eigenvalue weighted by atomic mass is 10.1. The molecule has 30 heavy (non-hydrogen) atoms. The molecule has 2 N–H and O–H groups in total. The van der Waals surface area contributed by atoms with E-state index in [0.717, 1.165) is 11.3 Å². The molecule has 0 saturated carbocycles. The van der Waals surface area contributed by atoms with Crippen molar-refractivity contribution in [2.24, 2.45) is 0 Å². The fourth-order valence-corrected chi connectivity index (χ4v) is 3.07. The van der Waals surface area contributed by atoms with Gasteiger partial charge in [0, 0.05) is 35.8 Å². The highest BCUT2D eigenvalue weighted by Crippen LogP contribution is 2.15. The van der Waals surface area contributed by atoms with Crippen molar-refractivity contribution in [1.29, 1.82) is 0 Å². The normalized spacial score (nSPS) is 10.4. The summed E-state index contributed by atoms with van der Waals surface area (Å²) in [7, 11) is 0. The van der Waals surface area contributed by atoms with Gasteiger partial charge in [0.05, 0.1) is 5.69 Å². The molecule has 0 radical (unpaired) electrons. The molecule has 0 unspecified atom stereocenters. The average molecular weight is 396 g/mol. The summed E-state index contributed by atoms with van der Waals surface area (Å²) in [6.07, 6.45) is 3.58. The van der Waals surface area contributed by atoms with Crippen molar-refractivity contribution in [2.75, 3.05) is 5.32 Å². The number of nitrogens with one attached hydrogen (secondary N) is 2. The van der Waals surface area contributed by atoms with E-state index in [9.17, 15) is 9.59 Å². The van der Waals surface area contributed by atoms with Gasteiger partial charge < -0.3 is 10.6 Å². The third-order valence-corrected chi connectivity index (χ3v) is 4.62. The van der Waals surface area contributed by atoms with Crippen molar-refractivity contribution in [2.45, 2.75) is 6.54 Å². The molecule has 0 aliphatic rings. The summed E-state index contributed by atoms with van der Waals surface area (Å²) in [5.74, 6) is -0.380. The minimum Gasteiger partial charge on any atom is -0.348 e. The molecule has 0 saturated heterocycles. The molecule has 2 amide bonds. The molecular formula is C24H20N4O2. The first-order valence-corrected chi connectivity index (χ1v) is 9.53.